The lowest BCUT2D eigenvalue weighted by Gasteiger charge is -2.22. The molecule has 34 heavy (non-hydrogen) atoms. The van der Waals surface area contributed by atoms with E-state index in [1.807, 2.05) is 0 Å². The number of hydrogen-bond donors (Lipinski definition) is 1. The van der Waals surface area contributed by atoms with Crippen LogP contribution in [-0.4, -0.2) is 37.0 Å². The number of hydrogen-bond acceptors (Lipinski definition) is 5. The predicted octanol–water partition coefficient (Wildman–Crippen LogP) is 4.40. The molecule has 0 bridgehead atoms. The van der Waals surface area contributed by atoms with Crippen LogP contribution in [-0.2, 0) is 17.9 Å². The highest BCUT2D eigenvalue weighted by Gasteiger charge is 2.28. The van der Waals surface area contributed by atoms with E-state index in [9.17, 15) is 14.0 Å². The highest BCUT2D eigenvalue weighted by atomic mass is 19.1. The molecular formula is C26H25FN2O5. The number of methoxy groups -OCH3 is 2. The molecule has 1 aliphatic rings. The number of ether oxygens (including phenoxy) is 3. The summed E-state index contributed by atoms with van der Waals surface area (Å²) in [4.78, 5) is 27.4. The van der Waals surface area contributed by atoms with Gasteiger partial charge in [0, 0.05) is 36.0 Å². The summed E-state index contributed by atoms with van der Waals surface area (Å²) in [6.07, 6.45) is -0.675. The smallest absolute Gasteiger partial charge is 0.263 e. The van der Waals surface area contributed by atoms with Crippen LogP contribution in [0, 0.1) is 5.82 Å². The number of fused-ring (bicyclic) bond motifs is 1. The molecule has 4 rings (SSSR count). The quantitative estimate of drug-likeness (QED) is 0.585. The van der Waals surface area contributed by atoms with Crippen LogP contribution in [0.15, 0.2) is 60.7 Å². The summed E-state index contributed by atoms with van der Waals surface area (Å²) in [5.41, 5.74) is 2.49. The number of nitrogens with one attached hydrogen (secondary N) is 1. The number of benzene rings is 3. The highest BCUT2D eigenvalue weighted by Crippen LogP contribution is 2.30. The molecule has 0 saturated heterocycles. The minimum atomic E-state index is -0.675. The zero-order valence-electron chi connectivity index (χ0n) is 19.1. The molecule has 0 unspecified atom stereocenters. The number of halogens is 1. The van der Waals surface area contributed by atoms with Gasteiger partial charge in [0.15, 0.2) is 6.10 Å². The van der Waals surface area contributed by atoms with Crippen LogP contribution >= 0.6 is 0 Å². The molecule has 0 aliphatic carbocycles. The minimum Gasteiger partial charge on any atom is -0.497 e. The first-order chi connectivity index (χ1) is 16.4. The summed E-state index contributed by atoms with van der Waals surface area (Å²) >= 11 is 0. The lowest BCUT2D eigenvalue weighted by atomic mass is 10.1. The van der Waals surface area contributed by atoms with Gasteiger partial charge in [-0.1, -0.05) is 12.1 Å². The molecule has 1 N–H and O–H groups in total. The van der Waals surface area contributed by atoms with E-state index in [0.29, 0.717) is 35.0 Å². The van der Waals surface area contributed by atoms with Gasteiger partial charge >= 0.3 is 0 Å². The number of nitrogens with zero attached hydrogens (tertiary/aromatic N) is 1. The van der Waals surface area contributed by atoms with Gasteiger partial charge in [-0.15, -0.1) is 0 Å². The third kappa shape index (κ3) is 5.11. The molecule has 0 spiro atoms. The lowest BCUT2D eigenvalue weighted by molar-refractivity contribution is -0.138. The summed E-state index contributed by atoms with van der Waals surface area (Å²) in [7, 11) is 3.03. The van der Waals surface area contributed by atoms with E-state index in [-0.39, 0.29) is 24.2 Å². The third-order valence-corrected chi connectivity index (χ3v) is 5.54. The number of amides is 2. The second-order valence-corrected chi connectivity index (χ2v) is 7.96. The van der Waals surface area contributed by atoms with Gasteiger partial charge in [-0.25, -0.2) is 4.39 Å². The Balaban J connectivity index is 1.56. The van der Waals surface area contributed by atoms with Crippen molar-refractivity contribution in [2.75, 3.05) is 19.5 Å². The lowest BCUT2D eigenvalue weighted by Crippen LogP contribution is -2.37. The molecule has 3 aromatic rings. The topological polar surface area (TPSA) is 77.1 Å². The zero-order valence-corrected chi connectivity index (χ0v) is 19.1. The molecule has 1 aliphatic heterocycles. The van der Waals surface area contributed by atoms with E-state index in [1.54, 1.807) is 60.4 Å². The second kappa shape index (κ2) is 9.82. The van der Waals surface area contributed by atoms with Crippen LogP contribution in [0.1, 0.15) is 28.4 Å². The molecule has 176 valence electrons. The van der Waals surface area contributed by atoms with E-state index in [2.05, 4.69) is 5.32 Å². The Hall–Kier alpha value is -4.07. The van der Waals surface area contributed by atoms with Gasteiger partial charge in [0.25, 0.3) is 11.8 Å². The van der Waals surface area contributed by atoms with E-state index < -0.39 is 6.10 Å². The second-order valence-electron chi connectivity index (χ2n) is 7.96. The molecule has 7 nitrogen and oxygen atoms in total. The van der Waals surface area contributed by atoms with Crippen LogP contribution in [0.4, 0.5) is 10.1 Å². The predicted molar refractivity (Wildman–Crippen MR) is 125 cm³/mol. The monoisotopic (exact) mass is 464 g/mol. The Labute approximate surface area is 197 Å². The molecule has 0 fully saturated rings. The number of anilines is 1. The van der Waals surface area contributed by atoms with Crippen molar-refractivity contribution < 1.29 is 28.2 Å². The third-order valence-electron chi connectivity index (χ3n) is 5.54. The van der Waals surface area contributed by atoms with Gasteiger partial charge in [0.05, 0.1) is 14.2 Å². The fraction of sp³-hybridized carbons (Fsp3) is 0.231. The molecule has 8 heteroatoms. The van der Waals surface area contributed by atoms with E-state index in [0.717, 1.165) is 11.1 Å². The Morgan fingerprint density at radius 2 is 1.74 bits per heavy atom. The maximum absolute atomic E-state index is 13.3. The summed E-state index contributed by atoms with van der Waals surface area (Å²) < 4.78 is 29.6. The fourth-order valence-electron chi connectivity index (χ4n) is 3.76. The largest absolute Gasteiger partial charge is 0.497 e. The number of rotatable bonds is 6. The van der Waals surface area contributed by atoms with Crippen LogP contribution in [0.3, 0.4) is 0 Å². The van der Waals surface area contributed by atoms with Crippen molar-refractivity contribution in [3.8, 4) is 17.2 Å². The number of carbonyl (C=O) groups is 2. The van der Waals surface area contributed by atoms with E-state index in [1.165, 1.54) is 26.4 Å². The Morgan fingerprint density at radius 1 is 1.06 bits per heavy atom. The van der Waals surface area contributed by atoms with Gasteiger partial charge in [-0.3, -0.25) is 9.59 Å². The Morgan fingerprint density at radius 3 is 2.38 bits per heavy atom. The summed E-state index contributed by atoms with van der Waals surface area (Å²) in [6, 6.07) is 16.2. The van der Waals surface area contributed by atoms with Crippen molar-refractivity contribution in [3.63, 3.8) is 0 Å². The van der Waals surface area contributed by atoms with Crippen LogP contribution in [0.5, 0.6) is 17.2 Å². The normalized spacial score (nSPS) is 15.1. The Bertz CT molecular complexity index is 1190. The van der Waals surface area contributed by atoms with Crippen molar-refractivity contribution in [1.29, 1.82) is 0 Å². The van der Waals surface area contributed by atoms with Crippen molar-refractivity contribution in [2.24, 2.45) is 0 Å². The molecule has 0 radical (unpaired) electrons. The van der Waals surface area contributed by atoms with E-state index in [4.69, 9.17) is 14.2 Å². The van der Waals surface area contributed by atoms with E-state index >= 15 is 0 Å². The van der Waals surface area contributed by atoms with Crippen LogP contribution in [0.2, 0.25) is 0 Å². The van der Waals surface area contributed by atoms with Gasteiger partial charge in [-0.2, -0.15) is 0 Å². The average molecular weight is 464 g/mol. The average Bonchev–Trinajstić information content (AvgIpc) is 2.96. The molecule has 2 amide bonds. The van der Waals surface area contributed by atoms with Gasteiger partial charge in [-0.05, 0) is 55.0 Å². The molecule has 1 heterocycles. The highest BCUT2D eigenvalue weighted by molar-refractivity contribution is 6.05. The van der Waals surface area contributed by atoms with Crippen molar-refractivity contribution >= 4 is 17.5 Å². The SMILES string of the molecule is COc1cc(OC)cc(C(=O)Nc2ccc3c(c2)CN(Cc2ccc(F)cc2)C(=O)[C@@H](C)O3)c1. The molecule has 1 atom stereocenters. The van der Waals surface area contributed by atoms with Gasteiger partial charge < -0.3 is 24.4 Å². The minimum absolute atomic E-state index is 0.172. The zero-order chi connectivity index (χ0) is 24.2. The first-order valence-corrected chi connectivity index (χ1v) is 10.7. The van der Waals surface area contributed by atoms with Crippen molar-refractivity contribution in [2.45, 2.75) is 26.1 Å². The van der Waals surface area contributed by atoms with Gasteiger partial charge in [0.1, 0.15) is 23.1 Å². The van der Waals surface area contributed by atoms with Crippen LogP contribution in [0.25, 0.3) is 0 Å². The summed E-state index contributed by atoms with van der Waals surface area (Å²) in [5.74, 6) is 0.743. The van der Waals surface area contributed by atoms with Crippen molar-refractivity contribution in [1.82, 2.24) is 4.90 Å². The summed E-state index contributed by atoms with van der Waals surface area (Å²) in [6.45, 7) is 2.29. The maximum atomic E-state index is 13.3. The first-order valence-electron chi connectivity index (χ1n) is 10.7. The molecule has 3 aromatic carbocycles. The summed E-state index contributed by atoms with van der Waals surface area (Å²) in [5, 5.41) is 2.87. The van der Waals surface area contributed by atoms with Crippen LogP contribution < -0.4 is 19.5 Å². The first kappa shape index (κ1) is 23.1. The Kier molecular flexibility index (Phi) is 6.67. The number of carbonyl (C=O) groups excluding carboxylic acids is 2. The van der Waals surface area contributed by atoms with Crippen molar-refractivity contribution in [3.05, 3.63) is 83.2 Å². The fourth-order valence-corrected chi connectivity index (χ4v) is 3.76. The molecular weight excluding hydrogens is 439 g/mol. The molecule has 0 saturated carbocycles. The maximum Gasteiger partial charge on any atom is 0.263 e. The van der Waals surface area contributed by atoms with Gasteiger partial charge in [0.2, 0.25) is 0 Å². The standard InChI is InChI=1S/C26H25FN2O5/c1-16-26(31)29(14-17-4-6-20(27)7-5-17)15-19-10-21(8-9-24(19)34-16)28-25(30)18-11-22(32-2)13-23(12-18)33-3/h4-13,16H,14-15H2,1-3H3,(H,28,30)/t16-/m1/s1. The molecule has 0 aromatic heterocycles.